The van der Waals surface area contributed by atoms with E-state index >= 15 is 0 Å². The van der Waals surface area contributed by atoms with E-state index in [0.29, 0.717) is 11.5 Å². The zero-order valence-corrected chi connectivity index (χ0v) is 13.0. The molecule has 1 saturated heterocycles. The summed E-state index contributed by atoms with van der Waals surface area (Å²) in [6, 6.07) is 0.478. The predicted molar refractivity (Wildman–Crippen MR) is 78.0 cm³/mol. The smallest absolute Gasteiger partial charge is 0.0628 e. The number of methoxy groups -OCH3 is 1. The molecule has 1 aliphatic heterocycles. The quantitative estimate of drug-likeness (QED) is 0.789. The second-order valence-electron chi connectivity index (χ2n) is 6.65. The van der Waals surface area contributed by atoms with Gasteiger partial charge < -0.3 is 15.0 Å². The molecule has 1 rings (SSSR count). The first-order valence-electron chi connectivity index (χ1n) is 7.42. The summed E-state index contributed by atoms with van der Waals surface area (Å²) in [5.74, 6) is 0.883. The minimum absolute atomic E-state index is 0.472. The highest BCUT2D eigenvalue weighted by atomic mass is 16.5. The lowest BCUT2D eigenvalue weighted by Crippen LogP contribution is -2.47. The lowest BCUT2D eigenvalue weighted by molar-refractivity contribution is 0.0881. The molecule has 0 bridgehead atoms. The van der Waals surface area contributed by atoms with E-state index in [2.05, 4.69) is 37.9 Å². The summed E-state index contributed by atoms with van der Waals surface area (Å²) in [5, 5.41) is 3.51. The molecule has 0 spiro atoms. The van der Waals surface area contributed by atoms with Crippen LogP contribution in [0.1, 0.15) is 40.5 Å². The fourth-order valence-electron chi connectivity index (χ4n) is 2.96. The molecule has 0 aromatic rings. The van der Waals surface area contributed by atoms with Crippen LogP contribution in [0.5, 0.6) is 0 Å². The van der Waals surface area contributed by atoms with Crippen molar-refractivity contribution in [1.82, 2.24) is 10.2 Å². The van der Waals surface area contributed by atoms with E-state index in [9.17, 15) is 0 Å². The Bertz CT molecular complexity index is 211. The fourth-order valence-corrected chi connectivity index (χ4v) is 2.96. The molecule has 0 aromatic heterocycles. The first kappa shape index (κ1) is 15.9. The number of piperidine rings is 1. The Morgan fingerprint density at radius 2 is 1.89 bits per heavy atom. The van der Waals surface area contributed by atoms with Gasteiger partial charge in [-0.25, -0.2) is 0 Å². The molecule has 1 fully saturated rings. The van der Waals surface area contributed by atoms with Crippen LogP contribution in [0, 0.1) is 11.3 Å². The van der Waals surface area contributed by atoms with Crippen LogP contribution in [0.15, 0.2) is 0 Å². The van der Waals surface area contributed by atoms with E-state index in [0.717, 1.165) is 25.6 Å². The van der Waals surface area contributed by atoms with Gasteiger partial charge in [0.2, 0.25) is 0 Å². The monoisotopic (exact) mass is 256 g/mol. The third kappa shape index (κ3) is 5.25. The van der Waals surface area contributed by atoms with Crippen molar-refractivity contribution in [2.75, 3.05) is 39.9 Å². The summed E-state index contributed by atoms with van der Waals surface area (Å²) in [6.07, 6.45) is 2.69. The van der Waals surface area contributed by atoms with Crippen LogP contribution < -0.4 is 5.32 Å². The average molecular weight is 256 g/mol. The van der Waals surface area contributed by atoms with Crippen LogP contribution in [0.2, 0.25) is 0 Å². The fraction of sp³-hybridized carbons (Fsp3) is 1.00. The van der Waals surface area contributed by atoms with Gasteiger partial charge in [-0.2, -0.15) is 0 Å². The molecule has 18 heavy (non-hydrogen) atoms. The van der Waals surface area contributed by atoms with E-state index in [1.165, 1.54) is 25.9 Å². The van der Waals surface area contributed by atoms with Crippen molar-refractivity contribution >= 4 is 0 Å². The van der Waals surface area contributed by atoms with E-state index in [-0.39, 0.29) is 0 Å². The molecule has 0 saturated carbocycles. The van der Waals surface area contributed by atoms with Gasteiger partial charge in [0.05, 0.1) is 6.61 Å². The topological polar surface area (TPSA) is 24.5 Å². The first-order chi connectivity index (χ1) is 8.47. The van der Waals surface area contributed by atoms with E-state index in [4.69, 9.17) is 4.74 Å². The van der Waals surface area contributed by atoms with Crippen molar-refractivity contribution in [3.8, 4) is 0 Å². The highest BCUT2D eigenvalue weighted by Gasteiger charge is 2.29. The van der Waals surface area contributed by atoms with Gasteiger partial charge in [-0.05, 0) is 43.8 Å². The average Bonchev–Trinajstić information content (AvgIpc) is 2.29. The van der Waals surface area contributed by atoms with Gasteiger partial charge >= 0.3 is 0 Å². The van der Waals surface area contributed by atoms with Crippen LogP contribution >= 0.6 is 0 Å². The lowest BCUT2D eigenvalue weighted by atomic mass is 9.75. The Morgan fingerprint density at radius 1 is 1.28 bits per heavy atom. The molecule has 1 N–H and O–H groups in total. The van der Waals surface area contributed by atoms with Gasteiger partial charge in [0.1, 0.15) is 0 Å². The third-order valence-corrected chi connectivity index (χ3v) is 4.15. The van der Waals surface area contributed by atoms with E-state index in [1.807, 2.05) is 0 Å². The SMILES string of the molecule is CCNC(COC)CN1CCC(C(C)(C)C)CC1. The van der Waals surface area contributed by atoms with Gasteiger partial charge in [-0.15, -0.1) is 0 Å². The van der Waals surface area contributed by atoms with Gasteiger partial charge in [0, 0.05) is 19.7 Å². The molecule has 0 aromatic carbocycles. The van der Waals surface area contributed by atoms with Crippen molar-refractivity contribution in [2.24, 2.45) is 11.3 Å². The molecule has 1 heterocycles. The predicted octanol–water partition coefficient (Wildman–Crippen LogP) is 2.37. The highest BCUT2D eigenvalue weighted by molar-refractivity contribution is 4.82. The summed E-state index contributed by atoms with van der Waals surface area (Å²) in [4.78, 5) is 2.59. The first-order valence-corrected chi connectivity index (χ1v) is 7.42. The zero-order valence-electron chi connectivity index (χ0n) is 13.0. The third-order valence-electron chi connectivity index (χ3n) is 4.15. The largest absolute Gasteiger partial charge is 0.383 e. The van der Waals surface area contributed by atoms with Gasteiger partial charge in [0.25, 0.3) is 0 Å². The van der Waals surface area contributed by atoms with Crippen molar-refractivity contribution < 1.29 is 4.74 Å². The van der Waals surface area contributed by atoms with Crippen LogP contribution in [0.25, 0.3) is 0 Å². The number of nitrogens with one attached hydrogen (secondary N) is 1. The van der Waals surface area contributed by atoms with Gasteiger partial charge in [-0.3, -0.25) is 0 Å². The maximum atomic E-state index is 5.28. The number of rotatable bonds is 6. The molecule has 108 valence electrons. The summed E-state index contributed by atoms with van der Waals surface area (Å²) >= 11 is 0. The Hall–Kier alpha value is -0.120. The minimum atomic E-state index is 0.472. The summed E-state index contributed by atoms with van der Waals surface area (Å²) in [6.45, 7) is 14.7. The summed E-state index contributed by atoms with van der Waals surface area (Å²) in [7, 11) is 1.79. The number of nitrogens with zero attached hydrogens (tertiary/aromatic N) is 1. The Kier molecular flexibility index (Phi) is 6.61. The van der Waals surface area contributed by atoms with Gasteiger partial charge in [0.15, 0.2) is 0 Å². The zero-order chi connectivity index (χ0) is 13.6. The molecule has 1 aliphatic rings. The second kappa shape index (κ2) is 7.46. The molecule has 0 aliphatic carbocycles. The van der Waals surface area contributed by atoms with E-state index in [1.54, 1.807) is 7.11 Å². The highest BCUT2D eigenvalue weighted by Crippen LogP contribution is 2.34. The molecular weight excluding hydrogens is 224 g/mol. The van der Waals surface area contributed by atoms with Crippen LogP contribution in [0.3, 0.4) is 0 Å². The standard InChI is InChI=1S/C15H32N2O/c1-6-16-14(12-18-5)11-17-9-7-13(8-10-17)15(2,3)4/h13-14,16H,6-12H2,1-5H3. The summed E-state index contributed by atoms with van der Waals surface area (Å²) < 4.78 is 5.28. The van der Waals surface area contributed by atoms with Crippen LogP contribution in [-0.2, 0) is 4.74 Å². The maximum Gasteiger partial charge on any atom is 0.0628 e. The van der Waals surface area contributed by atoms with Gasteiger partial charge in [-0.1, -0.05) is 27.7 Å². The number of ether oxygens (including phenoxy) is 1. The molecule has 3 heteroatoms. The van der Waals surface area contributed by atoms with Crippen LogP contribution in [0.4, 0.5) is 0 Å². The number of hydrogen-bond acceptors (Lipinski definition) is 3. The van der Waals surface area contributed by atoms with Crippen molar-refractivity contribution in [3.05, 3.63) is 0 Å². The normalized spacial score (nSPS) is 21.2. The Morgan fingerprint density at radius 3 is 2.33 bits per heavy atom. The molecule has 3 nitrogen and oxygen atoms in total. The second-order valence-corrected chi connectivity index (χ2v) is 6.65. The molecule has 0 radical (unpaired) electrons. The number of likely N-dealkylation sites (N-methyl/N-ethyl adjacent to an activating group) is 1. The summed E-state index contributed by atoms with van der Waals surface area (Å²) in [5.41, 5.74) is 0.472. The van der Waals surface area contributed by atoms with Crippen LogP contribution in [-0.4, -0.2) is 50.8 Å². The molecule has 1 atom stereocenters. The molecule has 1 unspecified atom stereocenters. The number of hydrogen-bond donors (Lipinski definition) is 1. The van der Waals surface area contributed by atoms with Crippen molar-refractivity contribution in [1.29, 1.82) is 0 Å². The molecular formula is C15H32N2O. The lowest BCUT2D eigenvalue weighted by Gasteiger charge is -2.39. The van der Waals surface area contributed by atoms with Crippen molar-refractivity contribution in [2.45, 2.75) is 46.6 Å². The molecule has 0 amide bonds. The minimum Gasteiger partial charge on any atom is -0.383 e. The Labute approximate surface area is 113 Å². The Balaban J connectivity index is 2.33. The number of likely N-dealkylation sites (tertiary alicyclic amines) is 1. The maximum absolute atomic E-state index is 5.28. The van der Waals surface area contributed by atoms with E-state index < -0.39 is 0 Å². The van der Waals surface area contributed by atoms with Crippen molar-refractivity contribution in [3.63, 3.8) is 0 Å².